The van der Waals surface area contributed by atoms with Crippen molar-refractivity contribution < 1.29 is 22.4 Å². The summed E-state index contributed by atoms with van der Waals surface area (Å²) in [5, 5.41) is 7.93. The van der Waals surface area contributed by atoms with Gasteiger partial charge in [-0.25, -0.2) is 4.39 Å². The number of alkyl halides is 3. The average Bonchev–Trinajstić information content (AvgIpc) is 3.40. The summed E-state index contributed by atoms with van der Waals surface area (Å²) in [6, 6.07) is 2.62. The standard InChI is InChI=1S/C23H28F4N4O/c1-2-9-31-20-8-7-17(13-18(20)21(29-31)22(32)30-10-3-4-11-30)28-14-15-5-6-16(12-19(15)24)23(25,26)27/h5-6,12,17,28H,2-4,7-11,13-14H2,1H3. The molecule has 32 heavy (non-hydrogen) atoms. The molecule has 1 amide bonds. The van der Waals surface area contributed by atoms with Gasteiger partial charge in [-0.15, -0.1) is 0 Å². The number of likely N-dealkylation sites (tertiary alicyclic amines) is 1. The molecule has 1 aliphatic heterocycles. The number of carbonyl (C=O) groups excluding carboxylic acids is 1. The molecule has 1 aromatic carbocycles. The van der Waals surface area contributed by atoms with Gasteiger partial charge < -0.3 is 10.2 Å². The van der Waals surface area contributed by atoms with E-state index >= 15 is 0 Å². The van der Waals surface area contributed by atoms with E-state index in [2.05, 4.69) is 17.3 Å². The van der Waals surface area contributed by atoms with Crippen LogP contribution in [0.25, 0.3) is 0 Å². The lowest BCUT2D eigenvalue weighted by atomic mass is 9.90. The van der Waals surface area contributed by atoms with Crippen molar-refractivity contribution >= 4 is 5.91 Å². The molecule has 1 atom stereocenters. The summed E-state index contributed by atoms with van der Waals surface area (Å²) in [6.45, 7) is 4.46. The Hall–Kier alpha value is -2.42. The van der Waals surface area contributed by atoms with Gasteiger partial charge in [-0.1, -0.05) is 13.0 Å². The number of hydrogen-bond acceptors (Lipinski definition) is 3. The van der Waals surface area contributed by atoms with E-state index in [1.54, 1.807) is 0 Å². The van der Waals surface area contributed by atoms with Gasteiger partial charge >= 0.3 is 6.18 Å². The summed E-state index contributed by atoms with van der Waals surface area (Å²) in [7, 11) is 0. The second-order valence-corrected chi connectivity index (χ2v) is 8.62. The van der Waals surface area contributed by atoms with Crippen molar-refractivity contribution in [3.05, 3.63) is 52.1 Å². The number of fused-ring (bicyclic) bond motifs is 1. The Bertz CT molecular complexity index is 979. The normalized spacial score (nSPS) is 18.8. The second kappa shape index (κ2) is 9.21. The van der Waals surface area contributed by atoms with E-state index in [4.69, 9.17) is 0 Å². The molecule has 2 aromatic rings. The molecule has 2 heterocycles. The van der Waals surface area contributed by atoms with E-state index in [0.29, 0.717) is 18.2 Å². The van der Waals surface area contributed by atoms with Crippen molar-refractivity contribution in [2.24, 2.45) is 0 Å². The maximum Gasteiger partial charge on any atom is 0.416 e. The predicted molar refractivity (Wildman–Crippen MR) is 112 cm³/mol. The van der Waals surface area contributed by atoms with E-state index in [0.717, 1.165) is 69.1 Å². The Morgan fingerprint density at radius 3 is 2.66 bits per heavy atom. The molecule has 9 heteroatoms. The van der Waals surface area contributed by atoms with E-state index in [9.17, 15) is 22.4 Å². The molecule has 174 valence electrons. The average molecular weight is 452 g/mol. The van der Waals surface area contributed by atoms with Gasteiger partial charge in [0.05, 0.1) is 5.56 Å². The summed E-state index contributed by atoms with van der Waals surface area (Å²) in [6.07, 6.45) is 0.504. The molecule has 5 nitrogen and oxygen atoms in total. The van der Waals surface area contributed by atoms with Crippen LogP contribution in [0.5, 0.6) is 0 Å². The van der Waals surface area contributed by atoms with Gasteiger partial charge in [0.15, 0.2) is 5.69 Å². The molecule has 1 aliphatic carbocycles. The number of nitrogens with one attached hydrogen (secondary N) is 1. The first kappa shape index (κ1) is 22.8. The smallest absolute Gasteiger partial charge is 0.337 e. The molecule has 2 aliphatic rings. The molecule has 1 aromatic heterocycles. The van der Waals surface area contributed by atoms with Gasteiger partial charge in [0.2, 0.25) is 0 Å². The van der Waals surface area contributed by atoms with Crippen molar-refractivity contribution in [2.45, 2.75) is 70.8 Å². The number of carbonyl (C=O) groups is 1. The molecule has 1 unspecified atom stereocenters. The van der Waals surface area contributed by atoms with Gasteiger partial charge in [-0.05, 0) is 50.7 Å². The Kier molecular flexibility index (Phi) is 6.55. The van der Waals surface area contributed by atoms with Crippen LogP contribution < -0.4 is 5.32 Å². The highest BCUT2D eigenvalue weighted by molar-refractivity contribution is 5.94. The van der Waals surface area contributed by atoms with Crippen LogP contribution in [-0.2, 0) is 32.1 Å². The van der Waals surface area contributed by atoms with Crippen LogP contribution in [0, 0.1) is 5.82 Å². The summed E-state index contributed by atoms with van der Waals surface area (Å²) in [5.41, 5.74) is 1.76. The minimum atomic E-state index is -4.57. The van der Waals surface area contributed by atoms with Crippen LogP contribution >= 0.6 is 0 Å². The maximum absolute atomic E-state index is 14.2. The van der Waals surface area contributed by atoms with Gasteiger partial charge in [0, 0.05) is 49.0 Å². The number of nitrogens with zero attached hydrogens (tertiary/aromatic N) is 3. The van der Waals surface area contributed by atoms with Crippen molar-refractivity contribution in [2.75, 3.05) is 13.1 Å². The summed E-state index contributed by atoms with van der Waals surface area (Å²) in [4.78, 5) is 14.9. The third-order valence-corrected chi connectivity index (χ3v) is 6.34. The maximum atomic E-state index is 14.2. The Morgan fingerprint density at radius 1 is 1.25 bits per heavy atom. The highest BCUT2D eigenvalue weighted by atomic mass is 19.4. The van der Waals surface area contributed by atoms with Crippen molar-refractivity contribution in [1.29, 1.82) is 0 Å². The minimum absolute atomic E-state index is 0.00593. The molecule has 4 rings (SSSR count). The molecule has 0 spiro atoms. The third kappa shape index (κ3) is 4.67. The molecule has 0 bridgehead atoms. The fraction of sp³-hybridized carbons (Fsp3) is 0.565. The SMILES string of the molecule is CCCn1nc(C(=O)N2CCCC2)c2c1CCC(NCc1ccc(C(F)(F)F)cc1F)C2. The van der Waals surface area contributed by atoms with Crippen LogP contribution in [0.1, 0.15) is 65.5 Å². The van der Waals surface area contributed by atoms with Gasteiger partial charge in [0.1, 0.15) is 5.82 Å². The van der Waals surface area contributed by atoms with Gasteiger partial charge in [0.25, 0.3) is 5.91 Å². The zero-order valence-corrected chi connectivity index (χ0v) is 18.1. The lowest BCUT2D eigenvalue weighted by Crippen LogP contribution is -2.36. The highest BCUT2D eigenvalue weighted by Gasteiger charge is 2.33. The first-order valence-corrected chi connectivity index (χ1v) is 11.2. The summed E-state index contributed by atoms with van der Waals surface area (Å²) in [5.74, 6) is -0.896. The second-order valence-electron chi connectivity index (χ2n) is 8.62. The molecular formula is C23H28F4N4O. The van der Waals surface area contributed by atoms with Crippen LogP contribution in [0.4, 0.5) is 17.6 Å². The number of amides is 1. The number of rotatable bonds is 6. The third-order valence-electron chi connectivity index (χ3n) is 6.34. The Labute approximate surface area is 184 Å². The number of hydrogen-bond donors (Lipinski definition) is 1. The molecule has 0 radical (unpaired) electrons. The predicted octanol–water partition coefficient (Wildman–Crippen LogP) is 4.33. The van der Waals surface area contributed by atoms with Crippen LogP contribution in [0.15, 0.2) is 18.2 Å². The van der Waals surface area contributed by atoms with Crippen LogP contribution in [0.3, 0.4) is 0 Å². The molecule has 1 saturated heterocycles. The first-order chi connectivity index (χ1) is 15.3. The summed E-state index contributed by atoms with van der Waals surface area (Å²) < 4.78 is 54.5. The van der Waals surface area contributed by atoms with E-state index in [-0.39, 0.29) is 24.1 Å². The zero-order chi connectivity index (χ0) is 22.9. The van der Waals surface area contributed by atoms with Gasteiger partial charge in [-0.3, -0.25) is 9.48 Å². The van der Waals surface area contributed by atoms with E-state index in [1.807, 2.05) is 9.58 Å². The van der Waals surface area contributed by atoms with E-state index in [1.165, 1.54) is 6.07 Å². The lowest BCUT2D eigenvalue weighted by molar-refractivity contribution is -0.137. The number of halogens is 4. The van der Waals surface area contributed by atoms with Crippen molar-refractivity contribution in [3.63, 3.8) is 0 Å². The quantitative estimate of drug-likeness (QED) is 0.664. The zero-order valence-electron chi connectivity index (χ0n) is 18.1. The van der Waals surface area contributed by atoms with E-state index < -0.39 is 17.6 Å². The monoisotopic (exact) mass is 452 g/mol. The van der Waals surface area contributed by atoms with Crippen molar-refractivity contribution in [1.82, 2.24) is 20.0 Å². The topological polar surface area (TPSA) is 50.2 Å². The first-order valence-electron chi connectivity index (χ1n) is 11.2. The minimum Gasteiger partial charge on any atom is -0.337 e. The molecule has 0 saturated carbocycles. The van der Waals surface area contributed by atoms with Crippen LogP contribution in [0.2, 0.25) is 0 Å². The molecule has 1 N–H and O–H groups in total. The molecular weight excluding hydrogens is 424 g/mol. The number of benzene rings is 1. The van der Waals surface area contributed by atoms with Crippen molar-refractivity contribution in [3.8, 4) is 0 Å². The van der Waals surface area contributed by atoms with Gasteiger partial charge in [-0.2, -0.15) is 18.3 Å². The number of aryl methyl sites for hydroxylation is 1. The Balaban J connectivity index is 1.48. The lowest BCUT2D eigenvalue weighted by Gasteiger charge is -2.25. The number of aromatic nitrogens is 2. The Morgan fingerprint density at radius 2 is 2.00 bits per heavy atom. The highest BCUT2D eigenvalue weighted by Crippen LogP contribution is 2.31. The molecule has 1 fully saturated rings. The fourth-order valence-corrected chi connectivity index (χ4v) is 4.62. The summed E-state index contributed by atoms with van der Waals surface area (Å²) >= 11 is 0. The largest absolute Gasteiger partial charge is 0.416 e. The fourth-order valence-electron chi connectivity index (χ4n) is 4.62. The van der Waals surface area contributed by atoms with Crippen LogP contribution in [-0.4, -0.2) is 39.7 Å².